The van der Waals surface area contributed by atoms with E-state index in [1.54, 1.807) is 24.3 Å². The van der Waals surface area contributed by atoms with Crippen molar-refractivity contribution in [2.75, 3.05) is 18.4 Å². The Balaban J connectivity index is 2.06. The average Bonchev–Trinajstić information content (AvgIpc) is 2.73. The Kier molecular flexibility index (Phi) is 3.06. The molecule has 122 valence electrons. The smallest absolute Gasteiger partial charge is 0.145 e. The molecule has 0 radical (unpaired) electrons. The lowest BCUT2D eigenvalue weighted by atomic mass is 10.0. The molecular weight excluding hydrogens is 298 g/mol. The van der Waals surface area contributed by atoms with E-state index in [9.17, 15) is 5.11 Å². The van der Waals surface area contributed by atoms with Crippen molar-refractivity contribution in [3.05, 3.63) is 66.9 Å². The zero-order chi connectivity index (χ0) is 23.8. The minimum Gasteiger partial charge on any atom is -0.396 e. The van der Waals surface area contributed by atoms with Crippen LogP contribution in [0.5, 0.6) is 0 Å². The highest BCUT2D eigenvalue weighted by atomic mass is 16.2. The molecule has 0 aliphatic carbocycles. The third-order valence-corrected chi connectivity index (χ3v) is 3.24. The maximum atomic E-state index is 9.46. The number of aromatic nitrogens is 2. The molecule has 2 N–H and O–H groups in total. The van der Waals surface area contributed by atoms with Gasteiger partial charge in [0, 0.05) is 32.4 Å². The van der Waals surface area contributed by atoms with Crippen molar-refractivity contribution in [3.63, 3.8) is 0 Å². The van der Waals surface area contributed by atoms with Crippen LogP contribution in [0.1, 0.15) is 23.7 Å². The summed E-state index contributed by atoms with van der Waals surface area (Å²) in [5.41, 5.74) is 2.33. The van der Waals surface area contributed by atoms with Crippen molar-refractivity contribution in [2.45, 2.75) is 12.7 Å². The second-order valence-corrected chi connectivity index (χ2v) is 4.80. The lowest BCUT2D eigenvalue weighted by Gasteiger charge is -2.11. The van der Waals surface area contributed by atoms with E-state index in [1.165, 1.54) is 6.20 Å². The van der Waals surface area contributed by atoms with E-state index >= 15 is 0 Å². The van der Waals surface area contributed by atoms with Gasteiger partial charge in [0.15, 0.2) is 0 Å². The molecule has 0 spiro atoms. The van der Waals surface area contributed by atoms with Crippen LogP contribution < -0.4 is 5.32 Å². The highest BCUT2D eigenvalue weighted by Crippen LogP contribution is 2.29. The maximum absolute atomic E-state index is 9.46. The quantitative estimate of drug-likeness (QED) is 0.689. The molecule has 3 rings (SSSR count). The molecule has 0 atom stereocenters. The van der Waals surface area contributed by atoms with Gasteiger partial charge in [-0.2, -0.15) is 0 Å². The summed E-state index contributed by atoms with van der Waals surface area (Å²) in [7, 11) is 0. The van der Waals surface area contributed by atoms with Crippen LogP contribution in [-0.4, -0.2) is 28.1 Å². The third kappa shape index (κ3) is 3.97. The minimum absolute atomic E-state index is 0.188. The van der Waals surface area contributed by atoms with Crippen molar-refractivity contribution >= 4 is 5.82 Å². The SMILES string of the molecule is [2H]C([2H])(O)C([2H])([2H])C([2H])([2H])C([2H])([2H])Nc1cnc(-c2ccccc2)c(-c2ccccc2)n1. The van der Waals surface area contributed by atoms with Gasteiger partial charge >= 0.3 is 0 Å². The van der Waals surface area contributed by atoms with Crippen LogP contribution >= 0.6 is 0 Å². The van der Waals surface area contributed by atoms with Crippen molar-refractivity contribution in [3.8, 4) is 22.5 Å². The maximum Gasteiger partial charge on any atom is 0.145 e. The first kappa shape index (κ1) is 8.94. The first-order chi connectivity index (χ1) is 14.8. The molecule has 1 heterocycles. The fourth-order valence-corrected chi connectivity index (χ4v) is 2.21. The molecule has 1 aromatic heterocycles. The van der Waals surface area contributed by atoms with Gasteiger partial charge in [-0.05, 0) is 12.7 Å². The summed E-state index contributed by atoms with van der Waals surface area (Å²) in [6, 6.07) is 18.1. The van der Waals surface area contributed by atoms with Crippen LogP contribution in [-0.2, 0) is 0 Å². The Labute approximate surface area is 153 Å². The van der Waals surface area contributed by atoms with Gasteiger partial charge in [0.1, 0.15) is 5.82 Å². The fraction of sp³-hybridized carbons (Fsp3) is 0.200. The zero-order valence-corrected chi connectivity index (χ0v) is 12.7. The van der Waals surface area contributed by atoms with Crippen LogP contribution in [0.25, 0.3) is 22.5 Å². The summed E-state index contributed by atoms with van der Waals surface area (Å²) in [5.74, 6) is -0.188. The molecule has 0 unspecified atom stereocenters. The number of anilines is 1. The number of nitrogens with one attached hydrogen (secondary N) is 1. The number of hydrogen-bond acceptors (Lipinski definition) is 4. The van der Waals surface area contributed by atoms with E-state index < -0.39 is 25.8 Å². The van der Waals surface area contributed by atoms with E-state index in [4.69, 9.17) is 11.0 Å². The molecule has 0 aliphatic rings. The van der Waals surface area contributed by atoms with Crippen LogP contribution in [0.4, 0.5) is 5.82 Å². The van der Waals surface area contributed by atoms with E-state index in [0.29, 0.717) is 17.0 Å². The molecule has 3 aromatic rings. The Hall–Kier alpha value is -2.72. The van der Waals surface area contributed by atoms with E-state index in [2.05, 4.69) is 15.3 Å². The highest BCUT2D eigenvalue weighted by molar-refractivity contribution is 5.78. The van der Waals surface area contributed by atoms with Gasteiger partial charge in [-0.15, -0.1) is 0 Å². The molecule has 0 bridgehead atoms. The first-order valence-corrected chi connectivity index (χ1v) is 7.26. The topological polar surface area (TPSA) is 58.0 Å². The largest absolute Gasteiger partial charge is 0.396 e. The molecule has 0 saturated heterocycles. The van der Waals surface area contributed by atoms with E-state index in [-0.39, 0.29) is 5.82 Å². The summed E-state index contributed by atoms with van der Waals surface area (Å²) in [6.45, 7) is -6.80. The van der Waals surface area contributed by atoms with Crippen LogP contribution in [0.3, 0.4) is 0 Å². The standard InChI is InChI=1S/C20H21N3O/c24-14-8-7-13-21-18-15-22-19(16-9-3-1-4-10-16)20(23-18)17-11-5-2-6-12-17/h1-6,9-12,15,24H,7-8,13-14H2,(H,21,23)/i7D2,8D2,13D2,14D2. The summed E-state index contributed by atoms with van der Waals surface area (Å²) in [5, 5.41) is 11.7. The van der Waals surface area contributed by atoms with Gasteiger partial charge in [-0.3, -0.25) is 4.98 Å². The Morgan fingerprint density at radius 1 is 0.875 bits per heavy atom. The molecule has 2 aromatic carbocycles. The summed E-state index contributed by atoms with van der Waals surface area (Å²) in [6.07, 6.45) is -5.90. The lowest BCUT2D eigenvalue weighted by Crippen LogP contribution is -2.06. The third-order valence-electron chi connectivity index (χ3n) is 3.24. The summed E-state index contributed by atoms with van der Waals surface area (Å²) in [4.78, 5) is 8.77. The van der Waals surface area contributed by atoms with Crippen LogP contribution in [0.15, 0.2) is 66.9 Å². The van der Waals surface area contributed by atoms with Crippen molar-refractivity contribution in [2.24, 2.45) is 0 Å². The number of hydrogen-bond donors (Lipinski definition) is 2. The molecule has 24 heavy (non-hydrogen) atoms. The molecule has 0 fully saturated rings. The molecule has 4 nitrogen and oxygen atoms in total. The van der Waals surface area contributed by atoms with Crippen molar-refractivity contribution < 1.29 is 16.1 Å². The zero-order valence-electron chi connectivity index (χ0n) is 20.7. The molecule has 4 heteroatoms. The second-order valence-electron chi connectivity index (χ2n) is 4.80. The fourth-order valence-electron chi connectivity index (χ4n) is 2.21. The van der Waals surface area contributed by atoms with Gasteiger partial charge < -0.3 is 10.4 Å². The Morgan fingerprint density at radius 3 is 2.12 bits per heavy atom. The number of rotatable bonds is 7. The number of nitrogens with zero attached hydrogens (tertiary/aromatic N) is 2. The van der Waals surface area contributed by atoms with Gasteiger partial charge in [-0.1, -0.05) is 60.7 Å². The summed E-state index contributed by atoms with van der Waals surface area (Å²) < 4.78 is 61.8. The first-order valence-electron chi connectivity index (χ1n) is 11.3. The lowest BCUT2D eigenvalue weighted by molar-refractivity contribution is 0.286. The van der Waals surface area contributed by atoms with E-state index in [1.807, 2.05) is 36.4 Å². The molecule has 0 aliphatic heterocycles. The predicted octanol–water partition coefficient (Wildman–Crippen LogP) is 4.00. The second kappa shape index (κ2) is 8.22. The predicted molar refractivity (Wildman–Crippen MR) is 97.7 cm³/mol. The van der Waals surface area contributed by atoms with Gasteiger partial charge in [-0.25, -0.2) is 4.98 Å². The van der Waals surface area contributed by atoms with Crippen LogP contribution in [0.2, 0.25) is 0 Å². The Bertz CT molecular complexity index is 1070. The van der Waals surface area contributed by atoms with Crippen molar-refractivity contribution in [1.82, 2.24) is 9.97 Å². The molecule has 0 amide bonds. The summed E-state index contributed by atoms with van der Waals surface area (Å²) >= 11 is 0. The average molecular weight is 327 g/mol. The molecule has 0 saturated carbocycles. The highest BCUT2D eigenvalue weighted by Gasteiger charge is 2.11. The van der Waals surface area contributed by atoms with Crippen molar-refractivity contribution in [1.29, 1.82) is 0 Å². The monoisotopic (exact) mass is 327 g/mol. The number of benzene rings is 2. The minimum atomic E-state index is -3.64. The van der Waals surface area contributed by atoms with Gasteiger partial charge in [0.25, 0.3) is 0 Å². The van der Waals surface area contributed by atoms with E-state index in [0.717, 1.165) is 5.56 Å². The van der Waals surface area contributed by atoms with Gasteiger partial charge in [0.2, 0.25) is 0 Å². The molecular formula is C20H21N3O. The number of aliphatic hydroxyl groups is 1. The normalized spacial score (nSPS) is 17.9. The Morgan fingerprint density at radius 2 is 1.50 bits per heavy atom. The van der Waals surface area contributed by atoms with Crippen LogP contribution in [0, 0.1) is 0 Å². The van der Waals surface area contributed by atoms with Gasteiger partial charge in [0.05, 0.1) is 20.3 Å².